The third kappa shape index (κ3) is 4.14. The third-order valence-electron chi connectivity index (χ3n) is 2.87. The lowest BCUT2D eigenvalue weighted by atomic mass is 10.1. The first-order valence-electron chi connectivity index (χ1n) is 6.34. The fraction of sp³-hybridized carbons (Fsp3) is 0.286. The lowest BCUT2D eigenvalue weighted by Crippen LogP contribution is -2.24. The molecular weight excluding hydrogens is 294 g/mol. The number of benzene rings is 1. The molecule has 2 rings (SSSR count). The summed E-state index contributed by atoms with van der Waals surface area (Å²) in [5.41, 5.74) is 1.20. The largest absolute Gasteiger partial charge is 0.391 e. The zero-order chi connectivity index (χ0) is 14.4. The molecule has 0 radical (unpaired) electrons. The average molecular weight is 311 g/mol. The molecule has 1 aromatic heterocycles. The van der Waals surface area contributed by atoms with Gasteiger partial charge in [0.2, 0.25) is 10.0 Å². The van der Waals surface area contributed by atoms with E-state index in [0.717, 1.165) is 12.8 Å². The van der Waals surface area contributed by atoms with Crippen LogP contribution in [0.3, 0.4) is 0 Å². The number of aryl methyl sites for hydroxylation is 1. The van der Waals surface area contributed by atoms with Crippen molar-refractivity contribution >= 4 is 21.4 Å². The molecule has 0 aliphatic rings. The maximum atomic E-state index is 12.0. The van der Waals surface area contributed by atoms with Crippen molar-refractivity contribution in [1.29, 1.82) is 0 Å². The molecular formula is C14H17NO3S2. The molecule has 0 saturated carbocycles. The van der Waals surface area contributed by atoms with Gasteiger partial charge in [-0.05, 0) is 24.5 Å². The van der Waals surface area contributed by atoms with Crippen LogP contribution in [0.2, 0.25) is 0 Å². The summed E-state index contributed by atoms with van der Waals surface area (Å²) in [7, 11) is -3.45. The Bertz CT molecular complexity index is 635. The lowest BCUT2D eigenvalue weighted by molar-refractivity contribution is 0.285. The normalized spacial score (nSPS) is 11.7. The van der Waals surface area contributed by atoms with Crippen LogP contribution >= 0.6 is 11.3 Å². The fourth-order valence-electron chi connectivity index (χ4n) is 1.81. The minimum Gasteiger partial charge on any atom is -0.391 e. The summed E-state index contributed by atoms with van der Waals surface area (Å²) in [6.07, 6.45) is 1.59. The SMILES string of the molecule is O=S(=O)(NCCCc1ccccc1)c1csc(CO)c1. The molecule has 0 fully saturated rings. The van der Waals surface area contributed by atoms with Crippen LogP contribution in [0.4, 0.5) is 0 Å². The van der Waals surface area contributed by atoms with Crippen LogP contribution in [0.25, 0.3) is 0 Å². The van der Waals surface area contributed by atoms with Gasteiger partial charge in [-0.15, -0.1) is 11.3 Å². The fourth-order valence-corrected chi connectivity index (χ4v) is 4.02. The van der Waals surface area contributed by atoms with Gasteiger partial charge in [0.25, 0.3) is 0 Å². The molecule has 0 aliphatic carbocycles. The maximum absolute atomic E-state index is 12.0. The summed E-state index contributed by atoms with van der Waals surface area (Å²) < 4.78 is 26.6. The maximum Gasteiger partial charge on any atom is 0.241 e. The molecule has 0 aliphatic heterocycles. The van der Waals surface area contributed by atoms with Crippen molar-refractivity contribution in [1.82, 2.24) is 4.72 Å². The molecule has 108 valence electrons. The average Bonchev–Trinajstić information content (AvgIpc) is 2.95. The van der Waals surface area contributed by atoms with Crippen LogP contribution < -0.4 is 4.72 Å². The van der Waals surface area contributed by atoms with Gasteiger partial charge in [-0.3, -0.25) is 0 Å². The van der Waals surface area contributed by atoms with Gasteiger partial charge in [-0.1, -0.05) is 30.3 Å². The second kappa shape index (κ2) is 6.99. The van der Waals surface area contributed by atoms with E-state index in [-0.39, 0.29) is 11.5 Å². The van der Waals surface area contributed by atoms with E-state index < -0.39 is 10.0 Å². The number of thiophene rings is 1. The van der Waals surface area contributed by atoms with Crippen LogP contribution in [0.5, 0.6) is 0 Å². The minimum atomic E-state index is -3.45. The van der Waals surface area contributed by atoms with E-state index in [1.54, 1.807) is 5.38 Å². The third-order valence-corrected chi connectivity index (χ3v) is 5.38. The van der Waals surface area contributed by atoms with Gasteiger partial charge in [0, 0.05) is 16.8 Å². The van der Waals surface area contributed by atoms with Crippen molar-refractivity contribution in [2.75, 3.05) is 6.54 Å². The first-order chi connectivity index (χ1) is 9.62. The smallest absolute Gasteiger partial charge is 0.241 e. The number of hydrogen-bond donors (Lipinski definition) is 2. The molecule has 1 aromatic carbocycles. The predicted molar refractivity (Wildman–Crippen MR) is 80.2 cm³/mol. The van der Waals surface area contributed by atoms with Gasteiger partial charge < -0.3 is 5.11 Å². The molecule has 2 N–H and O–H groups in total. The predicted octanol–water partition coefficient (Wildman–Crippen LogP) is 2.15. The Hall–Kier alpha value is -1.21. The standard InChI is InChI=1S/C14H17NO3S2/c16-10-13-9-14(11-19-13)20(17,18)15-8-4-7-12-5-2-1-3-6-12/h1-3,5-6,9,11,15-16H,4,7-8,10H2. The van der Waals surface area contributed by atoms with Crippen LogP contribution in [-0.4, -0.2) is 20.1 Å². The summed E-state index contributed by atoms with van der Waals surface area (Å²) >= 11 is 1.24. The highest BCUT2D eigenvalue weighted by Crippen LogP contribution is 2.18. The van der Waals surface area contributed by atoms with Gasteiger partial charge >= 0.3 is 0 Å². The molecule has 20 heavy (non-hydrogen) atoms. The highest BCUT2D eigenvalue weighted by atomic mass is 32.2. The zero-order valence-corrected chi connectivity index (χ0v) is 12.6. The zero-order valence-electron chi connectivity index (χ0n) is 11.0. The van der Waals surface area contributed by atoms with E-state index in [0.29, 0.717) is 11.4 Å². The molecule has 0 amide bonds. The Kier molecular flexibility index (Phi) is 5.31. The summed E-state index contributed by atoms with van der Waals surface area (Å²) in [5.74, 6) is 0. The topological polar surface area (TPSA) is 66.4 Å². The molecule has 0 spiro atoms. The summed E-state index contributed by atoms with van der Waals surface area (Å²) in [6.45, 7) is 0.274. The molecule has 0 atom stereocenters. The van der Waals surface area contributed by atoms with Gasteiger partial charge in [0.1, 0.15) is 0 Å². The highest BCUT2D eigenvalue weighted by Gasteiger charge is 2.15. The van der Waals surface area contributed by atoms with Gasteiger partial charge in [-0.25, -0.2) is 13.1 Å². The minimum absolute atomic E-state index is 0.131. The molecule has 4 nitrogen and oxygen atoms in total. The summed E-state index contributed by atoms with van der Waals surface area (Å²) in [4.78, 5) is 0.876. The van der Waals surface area contributed by atoms with Crippen LogP contribution in [0, 0.1) is 0 Å². The number of rotatable bonds is 7. The summed E-state index contributed by atoms with van der Waals surface area (Å²) in [5, 5.41) is 10.5. The van der Waals surface area contributed by atoms with E-state index in [4.69, 9.17) is 5.11 Å². The van der Waals surface area contributed by atoms with E-state index in [9.17, 15) is 8.42 Å². The molecule has 0 unspecified atom stereocenters. The lowest BCUT2D eigenvalue weighted by Gasteiger charge is -2.05. The van der Waals surface area contributed by atoms with E-state index >= 15 is 0 Å². The van der Waals surface area contributed by atoms with Crippen LogP contribution in [-0.2, 0) is 23.1 Å². The first-order valence-corrected chi connectivity index (χ1v) is 8.70. The monoisotopic (exact) mass is 311 g/mol. The highest BCUT2D eigenvalue weighted by molar-refractivity contribution is 7.89. The molecule has 0 saturated heterocycles. The van der Waals surface area contributed by atoms with Gasteiger partial charge in [0.15, 0.2) is 0 Å². The molecule has 6 heteroatoms. The Morgan fingerprint density at radius 1 is 1.20 bits per heavy atom. The Labute approximate surface area is 123 Å². The molecule has 0 bridgehead atoms. The van der Waals surface area contributed by atoms with Crippen molar-refractivity contribution in [3.05, 3.63) is 52.2 Å². The Morgan fingerprint density at radius 3 is 2.60 bits per heavy atom. The van der Waals surface area contributed by atoms with Crippen LogP contribution in [0.1, 0.15) is 16.9 Å². The second-order valence-electron chi connectivity index (χ2n) is 4.39. The molecule has 2 aromatic rings. The van der Waals surface area contributed by atoms with Crippen molar-refractivity contribution in [2.45, 2.75) is 24.3 Å². The van der Waals surface area contributed by atoms with E-state index in [1.807, 2.05) is 30.3 Å². The van der Waals surface area contributed by atoms with Crippen molar-refractivity contribution in [3.8, 4) is 0 Å². The van der Waals surface area contributed by atoms with E-state index in [1.165, 1.54) is 23.0 Å². The number of aliphatic hydroxyl groups is 1. The quantitative estimate of drug-likeness (QED) is 0.770. The first kappa shape index (κ1) is 15.2. The van der Waals surface area contributed by atoms with Crippen LogP contribution in [0.15, 0.2) is 46.7 Å². The van der Waals surface area contributed by atoms with Crippen molar-refractivity contribution in [2.24, 2.45) is 0 Å². The number of nitrogens with one attached hydrogen (secondary N) is 1. The second-order valence-corrected chi connectivity index (χ2v) is 7.16. The van der Waals surface area contributed by atoms with Crippen molar-refractivity contribution in [3.63, 3.8) is 0 Å². The van der Waals surface area contributed by atoms with Gasteiger partial charge in [0.05, 0.1) is 11.5 Å². The Balaban J connectivity index is 1.84. The number of hydrogen-bond acceptors (Lipinski definition) is 4. The number of sulfonamides is 1. The summed E-state index contributed by atoms with van der Waals surface area (Å²) in [6, 6.07) is 11.5. The molecule has 1 heterocycles. The van der Waals surface area contributed by atoms with E-state index in [2.05, 4.69) is 4.72 Å². The van der Waals surface area contributed by atoms with Crippen molar-refractivity contribution < 1.29 is 13.5 Å². The Morgan fingerprint density at radius 2 is 1.95 bits per heavy atom. The van der Waals surface area contributed by atoms with Gasteiger partial charge in [-0.2, -0.15) is 0 Å². The number of aliphatic hydroxyl groups excluding tert-OH is 1.